The maximum Gasteiger partial charge on any atom is 0.310 e. The van der Waals surface area contributed by atoms with Crippen molar-refractivity contribution in [3.63, 3.8) is 0 Å². The van der Waals surface area contributed by atoms with Gasteiger partial charge < -0.3 is 20.1 Å². The molecule has 2 saturated carbocycles. The van der Waals surface area contributed by atoms with Gasteiger partial charge in [0.1, 0.15) is 5.60 Å². The predicted octanol–water partition coefficient (Wildman–Crippen LogP) is 0.314. The summed E-state index contributed by atoms with van der Waals surface area (Å²) in [5.41, 5.74) is -1.37. The van der Waals surface area contributed by atoms with Gasteiger partial charge in [0.25, 0.3) is 0 Å². The molecule has 3 rings (SSSR count). The van der Waals surface area contributed by atoms with Crippen molar-refractivity contribution < 1.29 is 24.9 Å². The molecule has 7 atom stereocenters. The number of aliphatic hydroxyl groups excluding tert-OH is 3. The van der Waals surface area contributed by atoms with Crippen LogP contribution in [0.5, 0.6) is 0 Å². The Bertz CT molecular complexity index is 434. The normalized spacial score (nSPS) is 53.4. The van der Waals surface area contributed by atoms with E-state index in [1.807, 2.05) is 6.92 Å². The molecule has 3 fully saturated rings. The molecule has 0 aromatic carbocycles. The van der Waals surface area contributed by atoms with Crippen LogP contribution in [0.25, 0.3) is 0 Å². The molecule has 5 nitrogen and oxygen atoms in total. The van der Waals surface area contributed by atoms with Crippen LogP contribution < -0.4 is 0 Å². The highest BCUT2D eigenvalue weighted by Gasteiger charge is 2.69. The molecule has 0 radical (unpaired) electrons. The SMILES string of the molecule is CC1(C)OC(=O)[C@H]2[C@H]1[C@@H](O)[C@@H](O)[C@@]1(C)[C@H](CO)CC[C@@H]21. The van der Waals surface area contributed by atoms with Crippen LogP contribution in [0.1, 0.15) is 33.6 Å². The van der Waals surface area contributed by atoms with Crippen molar-refractivity contribution in [2.45, 2.75) is 51.4 Å². The van der Waals surface area contributed by atoms with Crippen molar-refractivity contribution in [2.24, 2.45) is 29.1 Å². The van der Waals surface area contributed by atoms with Gasteiger partial charge in [-0.15, -0.1) is 0 Å². The molecule has 20 heavy (non-hydrogen) atoms. The van der Waals surface area contributed by atoms with Gasteiger partial charge in [-0.1, -0.05) is 6.92 Å². The molecule has 5 heteroatoms. The van der Waals surface area contributed by atoms with Gasteiger partial charge in [0.2, 0.25) is 0 Å². The number of aliphatic hydroxyl groups is 3. The molecule has 0 aromatic rings. The highest BCUT2D eigenvalue weighted by molar-refractivity contribution is 5.77. The molecule has 1 saturated heterocycles. The van der Waals surface area contributed by atoms with E-state index in [-0.39, 0.29) is 36.2 Å². The van der Waals surface area contributed by atoms with Crippen LogP contribution in [0.4, 0.5) is 0 Å². The summed E-state index contributed by atoms with van der Waals surface area (Å²) in [6.45, 7) is 5.47. The molecule has 1 heterocycles. The zero-order valence-electron chi connectivity index (χ0n) is 12.2. The topological polar surface area (TPSA) is 87.0 Å². The van der Waals surface area contributed by atoms with Crippen molar-refractivity contribution in [3.05, 3.63) is 0 Å². The third-order valence-corrected chi connectivity index (χ3v) is 6.31. The first-order valence-corrected chi connectivity index (χ1v) is 7.45. The Labute approximate surface area is 118 Å². The Hall–Kier alpha value is -0.650. The van der Waals surface area contributed by atoms with Gasteiger partial charge >= 0.3 is 5.97 Å². The Kier molecular flexibility index (Phi) is 2.99. The lowest BCUT2D eigenvalue weighted by atomic mass is 9.54. The number of ether oxygens (including phenoxy) is 1. The lowest BCUT2D eigenvalue weighted by Gasteiger charge is -2.51. The van der Waals surface area contributed by atoms with Crippen LogP contribution in [0.15, 0.2) is 0 Å². The monoisotopic (exact) mass is 284 g/mol. The van der Waals surface area contributed by atoms with Gasteiger partial charge in [0.05, 0.1) is 18.1 Å². The zero-order chi connectivity index (χ0) is 14.9. The average molecular weight is 284 g/mol. The van der Waals surface area contributed by atoms with Crippen LogP contribution >= 0.6 is 0 Å². The van der Waals surface area contributed by atoms with Gasteiger partial charge in [-0.05, 0) is 38.5 Å². The Morgan fingerprint density at radius 3 is 2.50 bits per heavy atom. The van der Waals surface area contributed by atoms with E-state index >= 15 is 0 Å². The van der Waals surface area contributed by atoms with E-state index in [2.05, 4.69) is 0 Å². The first kappa shape index (κ1) is 14.3. The van der Waals surface area contributed by atoms with Crippen molar-refractivity contribution in [2.75, 3.05) is 6.61 Å². The van der Waals surface area contributed by atoms with Gasteiger partial charge in [0, 0.05) is 17.9 Å². The van der Waals surface area contributed by atoms with E-state index in [4.69, 9.17) is 4.74 Å². The van der Waals surface area contributed by atoms with Crippen LogP contribution in [0.3, 0.4) is 0 Å². The molecule has 0 aromatic heterocycles. The van der Waals surface area contributed by atoms with Crippen molar-refractivity contribution >= 4 is 5.97 Å². The zero-order valence-corrected chi connectivity index (χ0v) is 12.2. The second kappa shape index (κ2) is 4.18. The van der Waals surface area contributed by atoms with Crippen LogP contribution in [-0.2, 0) is 9.53 Å². The number of carbonyl (C=O) groups is 1. The quantitative estimate of drug-likeness (QED) is 0.603. The predicted molar refractivity (Wildman–Crippen MR) is 70.6 cm³/mol. The summed E-state index contributed by atoms with van der Waals surface area (Å²) in [6.07, 6.45) is -0.354. The molecule has 114 valence electrons. The van der Waals surface area contributed by atoms with E-state index in [1.54, 1.807) is 13.8 Å². The van der Waals surface area contributed by atoms with Gasteiger partial charge in [0.15, 0.2) is 0 Å². The summed E-state index contributed by atoms with van der Waals surface area (Å²) in [6, 6.07) is 0. The van der Waals surface area contributed by atoms with Gasteiger partial charge in [-0.3, -0.25) is 4.79 Å². The fraction of sp³-hybridized carbons (Fsp3) is 0.933. The van der Waals surface area contributed by atoms with Crippen LogP contribution in [0.2, 0.25) is 0 Å². The Balaban J connectivity index is 2.07. The van der Waals surface area contributed by atoms with Crippen LogP contribution in [0, 0.1) is 29.1 Å². The Morgan fingerprint density at radius 1 is 1.25 bits per heavy atom. The summed E-state index contributed by atoms with van der Waals surface area (Å²) < 4.78 is 5.46. The molecule has 1 aliphatic heterocycles. The molecule has 2 aliphatic carbocycles. The average Bonchev–Trinajstić information content (AvgIpc) is 2.81. The third kappa shape index (κ3) is 1.51. The van der Waals surface area contributed by atoms with Crippen molar-refractivity contribution in [3.8, 4) is 0 Å². The summed E-state index contributed by atoms with van der Waals surface area (Å²) in [7, 11) is 0. The number of esters is 1. The second-order valence-corrected chi connectivity index (χ2v) is 7.44. The highest BCUT2D eigenvalue weighted by atomic mass is 16.6. The lowest BCUT2D eigenvalue weighted by Crippen LogP contribution is -2.61. The fourth-order valence-electron chi connectivity index (χ4n) is 5.20. The lowest BCUT2D eigenvalue weighted by molar-refractivity contribution is -0.181. The Morgan fingerprint density at radius 2 is 1.90 bits per heavy atom. The summed E-state index contributed by atoms with van der Waals surface area (Å²) in [4.78, 5) is 12.3. The van der Waals surface area contributed by atoms with Crippen LogP contribution in [-0.4, -0.2) is 45.7 Å². The van der Waals surface area contributed by atoms with E-state index in [0.29, 0.717) is 0 Å². The molecular weight excluding hydrogens is 260 g/mol. The molecule has 3 N–H and O–H groups in total. The molecule has 3 aliphatic rings. The summed E-state index contributed by atoms with van der Waals surface area (Å²) >= 11 is 0. The standard InChI is InChI=1S/C15H24O5/c1-14(2)10-9(13(19)20-14)8-5-4-7(6-16)15(8,3)12(18)11(10)17/h7-12,16-18H,4-6H2,1-3H3/t7-,8-,9+,10-,11+,12+,15-/m0/s1. The number of carbonyl (C=O) groups excluding carboxylic acids is 1. The number of rotatable bonds is 1. The first-order chi connectivity index (χ1) is 9.25. The summed E-state index contributed by atoms with van der Waals surface area (Å²) in [5.74, 6) is -1.11. The number of hydrogen-bond acceptors (Lipinski definition) is 5. The maximum absolute atomic E-state index is 12.3. The van der Waals surface area contributed by atoms with Crippen molar-refractivity contribution in [1.29, 1.82) is 0 Å². The number of cyclic esters (lactones) is 1. The molecule has 0 spiro atoms. The largest absolute Gasteiger partial charge is 0.459 e. The fourth-order valence-corrected chi connectivity index (χ4v) is 5.20. The third-order valence-electron chi connectivity index (χ3n) is 6.31. The second-order valence-electron chi connectivity index (χ2n) is 7.44. The number of fused-ring (bicyclic) bond motifs is 3. The van der Waals surface area contributed by atoms with Crippen molar-refractivity contribution in [1.82, 2.24) is 0 Å². The number of hydrogen-bond donors (Lipinski definition) is 3. The molecule has 0 bridgehead atoms. The molecule has 0 unspecified atom stereocenters. The smallest absolute Gasteiger partial charge is 0.310 e. The summed E-state index contributed by atoms with van der Waals surface area (Å²) in [5, 5.41) is 30.8. The van der Waals surface area contributed by atoms with E-state index in [0.717, 1.165) is 12.8 Å². The van der Waals surface area contributed by atoms with E-state index in [9.17, 15) is 20.1 Å². The minimum absolute atomic E-state index is 0.0212. The van der Waals surface area contributed by atoms with E-state index < -0.39 is 23.2 Å². The van der Waals surface area contributed by atoms with Gasteiger partial charge in [-0.25, -0.2) is 0 Å². The van der Waals surface area contributed by atoms with Gasteiger partial charge in [-0.2, -0.15) is 0 Å². The minimum Gasteiger partial charge on any atom is -0.459 e. The molecule has 0 amide bonds. The minimum atomic E-state index is -0.991. The first-order valence-electron chi connectivity index (χ1n) is 7.45. The molecular formula is C15H24O5. The van der Waals surface area contributed by atoms with E-state index in [1.165, 1.54) is 0 Å². The maximum atomic E-state index is 12.3. The highest BCUT2D eigenvalue weighted by Crippen LogP contribution is 2.62.